The molecule has 1 aliphatic rings. The summed E-state index contributed by atoms with van der Waals surface area (Å²) >= 11 is 5.21. The summed E-state index contributed by atoms with van der Waals surface area (Å²) in [6.45, 7) is 10.5. The third-order valence-corrected chi connectivity index (χ3v) is 5.21. The average Bonchev–Trinajstić information content (AvgIpc) is 2.96. The van der Waals surface area contributed by atoms with Crippen molar-refractivity contribution in [2.45, 2.75) is 26.4 Å². The number of hydrogen-bond donors (Lipinski definition) is 2. The standard InChI is InChI=1S/C15H25BrN4OS.HI/c1-3-17-15(19-11-13-4-5-14(16)22-13)18-10-12(2)20-6-8-21-9-7-20;/h4-5,12H,3,6-11H2,1-2H3,(H2,17,18,19);1H. The normalized spacial score (nSPS) is 17.4. The molecule has 23 heavy (non-hydrogen) atoms. The number of ether oxygens (including phenoxy) is 1. The van der Waals surface area contributed by atoms with E-state index in [9.17, 15) is 0 Å². The Labute approximate surface area is 168 Å². The van der Waals surface area contributed by atoms with Gasteiger partial charge in [-0.15, -0.1) is 35.3 Å². The van der Waals surface area contributed by atoms with Gasteiger partial charge in [0.05, 0.1) is 23.5 Å². The summed E-state index contributed by atoms with van der Waals surface area (Å²) in [6, 6.07) is 4.65. The van der Waals surface area contributed by atoms with Crippen molar-refractivity contribution < 1.29 is 4.74 Å². The fourth-order valence-corrected chi connectivity index (χ4v) is 3.73. The maximum atomic E-state index is 5.40. The van der Waals surface area contributed by atoms with Crippen LogP contribution in [0.25, 0.3) is 0 Å². The fraction of sp³-hybridized carbons (Fsp3) is 0.667. The highest BCUT2D eigenvalue weighted by atomic mass is 127. The minimum atomic E-state index is 0. The summed E-state index contributed by atoms with van der Waals surface area (Å²) in [6.07, 6.45) is 0. The van der Waals surface area contributed by atoms with Crippen molar-refractivity contribution in [1.29, 1.82) is 0 Å². The van der Waals surface area contributed by atoms with Crippen molar-refractivity contribution in [1.82, 2.24) is 15.5 Å². The van der Waals surface area contributed by atoms with E-state index in [2.05, 4.69) is 62.4 Å². The molecule has 2 N–H and O–H groups in total. The Hall–Kier alpha value is 0.1000. The number of nitrogens with one attached hydrogen (secondary N) is 2. The van der Waals surface area contributed by atoms with Crippen LogP contribution in [0.3, 0.4) is 0 Å². The molecule has 0 aromatic carbocycles. The molecule has 1 unspecified atom stereocenters. The van der Waals surface area contributed by atoms with E-state index < -0.39 is 0 Å². The molecular formula is C15H26BrIN4OS. The van der Waals surface area contributed by atoms with E-state index in [1.165, 1.54) is 4.88 Å². The molecule has 8 heteroatoms. The van der Waals surface area contributed by atoms with Gasteiger partial charge < -0.3 is 15.4 Å². The van der Waals surface area contributed by atoms with Crippen molar-refractivity contribution in [2.75, 3.05) is 39.4 Å². The van der Waals surface area contributed by atoms with E-state index in [0.717, 1.165) is 49.1 Å². The fourth-order valence-electron chi connectivity index (χ4n) is 2.33. The number of nitrogens with zero attached hydrogens (tertiary/aromatic N) is 2. The van der Waals surface area contributed by atoms with Crippen molar-refractivity contribution in [3.05, 3.63) is 20.8 Å². The molecule has 1 aromatic heterocycles. The highest BCUT2D eigenvalue weighted by molar-refractivity contribution is 14.0. The van der Waals surface area contributed by atoms with Crippen molar-refractivity contribution in [3.63, 3.8) is 0 Å². The number of morpholine rings is 1. The van der Waals surface area contributed by atoms with E-state index in [1.807, 2.05) is 0 Å². The van der Waals surface area contributed by atoms with Crippen LogP contribution in [0, 0.1) is 0 Å². The Bertz CT molecular complexity index is 480. The van der Waals surface area contributed by atoms with Crippen LogP contribution < -0.4 is 10.6 Å². The van der Waals surface area contributed by atoms with Gasteiger partial charge in [0.25, 0.3) is 0 Å². The molecule has 1 saturated heterocycles. The molecule has 1 fully saturated rings. The second-order valence-electron chi connectivity index (χ2n) is 5.28. The molecule has 1 aromatic rings. The zero-order chi connectivity index (χ0) is 15.8. The molecular weight excluding hydrogens is 491 g/mol. The topological polar surface area (TPSA) is 48.9 Å². The minimum absolute atomic E-state index is 0. The van der Waals surface area contributed by atoms with E-state index in [-0.39, 0.29) is 24.0 Å². The van der Waals surface area contributed by atoms with Crippen LogP contribution in [0.5, 0.6) is 0 Å². The molecule has 5 nitrogen and oxygen atoms in total. The molecule has 0 radical (unpaired) electrons. The van der Waals surface area contributed by atoms with Gasteiger partial charge in [-0.3, -0.25) is 4.90 Å². The number of hydrogen-bond acceptors (Lipinski definition) is 4. The van der Waals surface area contributed by atoms with Gasteiger partial charge in [0.15, 0.2) is 5.96 Å². The van der Waals surface area contributed by atoms with Gasteiger partial charge >= 0.3 is 0 Å². The summed E-state index contributed by atoms with van der Waals surface area (Å²) < 4.78 is 6.55. The number of rotatable bonds is 6. The van der Waals surface area contributed by atoms with Crippen LogP contribution in [0.4, 0.5) is 0 Å². The average molecular weight is 517 g/mol. The quantitative estimate of drug-likeness (QED) is 0.347. The first kappa shape index (κ1) is 21.1. The van der Waals surface area contributed by atoms with E-state index in [1.54, 1.807) is 11.3 Å². The van der Waals surface area contributed by atoms with Crippen molar-refractivity contribution in [3.8, 4) is 0 Å². The molecule has 1 atom stereocenters. The van der Waals surface area contributed by atoms with Gasteiger partial charge in [-0.25, -0.2) is 4.99 Å². The maximum absolute atomic E-state index is 5.40. The highest BCUT2D eigenvalue weighted by Gasteiger charge is 2.16. The van der Waals surface area contributed by atoms with Gasteiger partial charge in [-0.1, -0.05) is 0 Å². The monoisotopic (exact) mass is 516 g/mol. The Morgan fingerprint density at radius 2 is 2.13 bits per heavy atom. The molecule has 2 rings (SSSR count). The van der Waals surface area contributed by atoms with E-state index in [0.29, 0.717) is 12.6 Å². The predicted molar refractivity (Wildman–Crippen MR) is 112 cm³/mol. The molecule has 0 spiro atoms. The van der Waals surface area contributed by atoms with Gasteiger partial charge in [0.2, 0.25) is 0 Å². The lowest BCUT2D eigenvalue weighted by atomic mass is 10.2. The predicted octanol–water partition coefficient (Wildman–Crippen LogP) is 2.90. The SMILES string of the molecule is CCNC(=NCc1ccc(Br)s1)NCC(C)N1CCOCC1.I. The summed E-state index contributed by atoms with van der Waals surface area (Å²) in [5, 5.41) is 6.75. The minimum Gasteiger partial charge on any atom is -0.379 e. The van der Waals surface area contributed by atoms with Crippen LogP contribution in [-0.4, -0.2) is 56.3 Å². The van der Waals surface area contributed by atoms with Crippen LogP contribution in [0.2, 0.25) is 0 Å². The first-order valence-corrected chi connectivity index (χ1v) is 9.38. The maximum Gasteiger partial charge on any atom is 0.191 e. The second kappa shape index (κ2) is 11.6. The Morgan fingerprint density at radius 1 is 1.39 bits per heavy atom. The Balaban J connectivity index is 0.00000264. The molecule has 0 bridgehead atoms. The number of guanidine groups is 1. The molecule has 132 valence electrons. The molecule has 0 saturated carbocycles. The first-order valence-electron chi connectivity index (χ1n) is 7.77. The lowest BCUT2D eigenvalue weighted by Gasteiger charge is -2.32. The molecule has 0 amide bonds. The van der Waals surface area contributed by atoms with Crippen LogP contribution in [-0.2, 0) is 11.3 Å². The smallest absolute Gasteiger partial charge is 0.191 e. The summed E-state index contributed by atoms with van der Waals surface area (Å²) in [5.74, 6) is 0.882. The largest absolute Gasteiger partial charge is 0.379 e. The van der Waals surface area contributed by atoms with Gasteiger partial charge in [0.1, 0.15) is 0 Å². The van der Waals surface area contributed by atoms with Crippen LogP contribution in [0.1, 0.15) is 18.7 Å². The van der Waals surface area contributed by atoms with Gasteiger partial charge in [0, 0.05) is 37.1 Å². The zero-order valence-electron chi connectivity index (χ0n) is 13.7. The molecule has 0 aliphatic carbocycles. The third-order valence-electron chi connectivity index (χ3n) is 3.60. The first-order chi connectivity index (χ1) is 10.7. The molecule has 2 heterocycles. The second-order valence-corrected chi connectivity index (χ2v) is 7.83. The highest BCUT2D eigenvalue weighted by Crippen LogP contribution is 2.22. The van der Waals surface area contributed by atoms with Crippen LogP contribution >= 0.6 is 51.2 Å². The van der Waals surface area contributed by atoms with E-state index in [4.69, 9.17) is 4.74 Å². The van der Waals surface area contributed by atoms with E-state index >= 15 is 0 Å². The Morgan fingerprint density at radius 3 is 2.74 bits per heavy atom. The lowest BCUT2D eigenvalue weighted by molar-refractivity contribution is 0.0211. The van der Waals surface area contributed by atoms with Gasteiger partial charge in [-0.05, 0) is 41.9 Å². The summed E-state index contributed by atoms with van der Waals surface area (Å²) in [5.41, 5.74) is 0. The summed E-state index contributed by atoms with van der Waals surface area (Å²) in [4.78, 5) is 8.36. The zero-order valence-corrected chi connectivity index (χ0v) is 18.4. The number of aliphatic imine (C=N–C) groups is 1. The van der Waals surface area contributed by atoms with Crippen molar-refractivity contribution >= 4 is 57.2 Å². The molecule has 1 aliphatic heterocycles. The Kier molecular flexibility index (Phi) is 10.7. The van der Waals surface area contributed by atoms with Gasteiger partial charge in [-0.2, -0.15) is 0 Å². The lowest BCUT2D eigenvalue weighted by Crippen LogP contribution is -2.49. The number of thiophene rings is 1. The van der Waals surface area contributed by atoms with Crippen molar-refractivity contribution in [2.24, 2.45) is 4.99 Å². The summed E-state index contributed by atoms with van der Waals surface area (Å²) in [7, 11) is 0. The third kappa shape index (κ3) is 7.68. The number of halogens is 2. The van der Waals surface area contributed by atoms with Crippen LogP contribution in [0.15, 0.2) is 20.9 Å².